The van der Waals surface area contributed by atoms with Gasteiger partial charge in [-0.2, -0.15) is 0 Å². The minimum Gasteiger partial charge on any atom is -0.342 e. The van der Waals surface area contributed by atoms with E-state index >= 15 is 0 Å². The second-order valence-corrected chi connectivity index (χ2v) is 8.57. The molecule has 0 aromatic heterocycles. The van der Waals surface area contributed by atoms with Gasteiger partial charge in [-0.05, 0) is 25.8 Å². The van der Waals surface area contributed by atoms with E-state index in [4.69, 9.17) is 0 Å². The van der Waals surface area contributed by atoms with Crippen molar-refractivity contribution in [2.45, 2.75) is 44.6 Å². The lowest BCUT2D eigenvalue weighted by molar-refractivity contribution is -0.133. The van der Waals surface area contributed by atoms with Crippen molar-refractivity contribution < 1.29 is 13.2 Å². The second-order valence-electron chi connectivity index (χ2n) is 6.59. The number of carbonyl (C=O) groups excluding carboxylic acids is 1. The van der Waals surface area contributed by atoms with Crippen LogP contribution in [0, 0.1) is 0 Å². The fourth-order valence-corrected chi connectivity index (χ4v) is 4.29. The molecule has 6 nitrogen and oxygen atoms in total. The highest BCUT2D eigenvalue weighted by atomic mass is 32.2. The molecule has 0 bridgehead atoms. The molecule has 0 radical (unpaired) electrons. The van der Waals surface area contributed by atoms with Crippen molar-refractivity contribution in [3.63, 3.8) is 0 Å². The van der Waals surface area contributed by atoms with Crippen LogP contribution in [-0.2, 0) is 14.8 Å². The highest BCUT2D eigenvalue weighted by Gasteiger charge is 2.26. The summed E-state index contributed by atoms with van der Waals surface area (Å²) < 4.78 is 24.7. The van der Waals surface area contributed by atoms with Gasteiger partial charge in [0.05, 0.1) is 12.8 Å². The van der Waals surface area contributed by atoms with Crippen molar-refractivity contribution in [3.05, 3.63) is 0 Å². The van der Waals surface area contributed by atoms with E-state index in [0.717, 1.165) is 25.8 Å². The third-order valence-corrected chi connectivity index (χ3v) is 6.19. The van der Waals surface area contributed by atoms with E-state index in [1.54, 1.807) is 0 Å². The lowest BCUT2D eigenvalue weighted by atomic mass is 9.94. The van der Waals surface area contributed by atoms with Gasteiger partial charge in [0.15, 0.2) is 0 Å². The van der Waals surface area contributed by atoms with Gasteiger partial charge >= 0.3 is 0 Å². The SMILES string of the molecule is CN(C(=O)CN1CCCN(S(C)(=O)=O)CC1)C1CCCCC1. The van der Waals surface area contributed by atoms with Crippen LogP contribution in [-0.4, -0.2) is 80.5 Å². The Kier molecular flexibility index (Phi) is 6.23. The number of sulfonamides is 1. The van der Waals surface area contributed by atoms with E-state index in [9.17, 15) is 13.2 Å². The molecule has 1 saturated carbocycles. The van der Waals surface area contributed by atoms with Gasteiger partial charge in [-0.1, -0.05) is 19.3 Å². The quantitative estimate of drug-likeness (QED) is 0.762. The van der Waals surface area contributed by atoms with E-state index in [1.807, 2.05) is 11.9 Å². The minimum atomic E-state index is -3.12. The maximum absolute atomic E-state index is 12.5. The highest BCUT2D eigenvalue weighted by molar-refractivity contribution is 7.88. The van der Waals surface area contributed by atoms with Crippen molar-refractivity contribution in [3.8, 4) is 0 Å². The second kappa shape index (κ2) is 7.75. The van der Waals surface area contributed by atoms with Crippen LogP contribution in [0.5, 0.6) is 0 Å². The normalized spacial score (nSPS) is 23.2. The number of nitrogens with zero attached hydrogens (tertiary/aromatic N) is 3. The Labute approximate surface area is 134 Å². The van der Waals surface area contributed by atoms with Crippen LogP contribution >= 0.6 is 0 Å². The summed E-state index contributed by atoms with van der Waals surface area (Å²) in [6.07, 6.45) is 7.99. The standard InChI is InChI=1S/C15H29N3O3S/c1-16(14-7-4-3-5-8-14)15(19)13-17-9-6-10-18(12-11-17)22(2,20)21/h14H,3-13H2,1-2H3. The number of rotatable bonds is 4. The molecule has 1 aliphatic carbocycles. The largest absolute Gasteiger partial charge is 0.342 e. The summed E-state index contributed by atoms with van der Waals surface area (Å²) >= 11 is 0. The number of hydrogen-bond donors (Lipinski definition) is 0. The van der Waals surface area contributed by atoms with Crippen LogP contribution in [0.1, 0.15) is 38.5 Å². The first-order chi connectivity index (χ1) is 10.4. The smallest absolute Gasteiger partial charge is 0.236 e. The minimum absolute atomic E-state index is 0.166. The molecule has 2 rings (SSSR count). The molecular weight excluding hydrogens is 302 g/mol. The molecule has 1 saturated heterocycles. The van der Waals surface area contributed by atoms with Gasteiger partial charge in [0.2, 0.25) is 15.9 Å². The van der Waals surface area contributed by atoms with Gasteiger partial charge in [0.1, 0.15) is 0 Å². The molecule has 1 heterocycles. The summed E-state index contributed by atoms with van der Waals surface area (Å²) in [5.74, 6) is 0.166. The third kappa shape index (κ3) is 4.93. The van der Waals surface area contributed by atoms with E-state index in [0.29, 0.717) is 32.2 Å². The molecule has 7 heteroatoms. The van der Waals surface area contributed by atoms with Crippen molar-refractivity contribution in [2.24, 2.45) is 0 Å². The number of amides is 1. The number of carbonyl (C=O) groups is 1. The van der Waals surface area contributed by atoms with Crippen LogP contribution in [0.15, 0.2) is 0 Å². The Morgan fingerprint density at radius 1 is 1.05 bits per heavy atom. The molecular formula is C15H29N3O3S. The highest BCUT2D eigenvalue weighted by Crippen LogP contribution is 2.21. The van der Waals surface area contributed by atoms with E-state index in [2.05, 4.69) is 4.90 Å². The third-order valence-electron chi connectivity index (χ3n) is 4.89. The first-order valence-corrected chi connectivity index (χ1v) is 10.2. The van der Waals surface area contributed by atoms with Gasteiger partial charge in [-0.15, -0.1) is 0 Å². The molecule has 0 atom stereocenters. The topological polar surface area (TPSA) is 60.9 Å². The molecule has 0 unspecified atom stereocenters. The molecule has 1 amide bonds. The van der Waals surface area contributed by atoms with E-state index < -0.39 is 10.0 Å². The van der Waals surface area contributed by atoms with Crippen LogP contribution in [0.2, 0.25) is 0 Å². The monoisotopic (exact) mass is 331 g/mol. The maximum Gasteiger partial charge on any atom is 0.236 e. The zero-order chi connectivity index (χ0) is 16.2. The number of hydrogen-bond acceptors (Lipinski definition) is 4. The van der Waals surface area contributed by atoms with E-state index in [1.165, 1.54) is 29.8 Å². The summed E-state index contributed by atoms with van der Waals surface area (Å²) in [5, 5.41) is 0. The van der Waals surface area contributed by atoms with E-state index in [-0.39, 0.29) is 5.91 Å². The van der Waals surface area contributed by atoms with Crippen molar-refractivity contribution in [1.29, 1.82) is 0 Å². The van der Waals surface area contributed by atoms with Crippen molar-refractivity contribution in [2.75, 3.05) is 46.0 Å². The summed E-state index contributed by atoms with van der Waals surface area (Å²) in [6, 6.07) is 0.390. The summed E-state index contributed by atoms with van der Waals surface area (Å²) in [4.78, 5) is 16.5. The molecule has 22 heavy (non-hydrogen) atoms. The average molecular weight is 331 g/mol. The Hall–Kier alpha value is -0.660. The summed E-state index contributed by atoms with van der Waals surface area (Å²) in [7, 11) is -1.21. The maximum atomic E-state index is 12.5. The first-order valence-electron chi connectivity index (χ1n) is 8.31. The predicted molar refractivity (Wildman–Crippen MR) is 87.1 cm³/mol. The fourth-order valence-electron chi connectivity index (χ4n) is 3.41. The van der Waals surface area contributed by atoms with Gasteiger partial charge in [-0.3, -0.25) is 9.69 Å². The van der Waals surface area contributed by atoms with Gasteiger partial charge in [-0.25, -0.2) is 12.7 Å². The number of likely N-dealkylation sites (N-methyl/N-ethyl adjacent to an activating group) is 1. The van der Waals surface area contributed by atoms with Crippen LogP contribution in [0.4, 0.5) is 0 Å². The summed E-state index contributed by atoms with van der Waals surface area (Å²) in [5.41, 5.74) is 0. The Balaban J connectivity index is 1.83. The zero-order valence-corrected chi connectivity index (χ0v) is 14.6. The Morgan fingerprint density at radius 3 is 2.36 bits per heavy atom. The molecule has 128 valence electrons. The molecule has 0 N–H and O–H groups in total. The van der Waals surface area contributed by atoms with Gasteiger partial charge in [0.25, 0.3) is 0 Å². The Morgan fingerprint density at radius 2 is 1.73 bits per heavy atom. The molecule has 0 aromatic carbocycles. The van der Waals surface area contributed by atoms with Crippen LogP contribution < -0.4 is 0 Å². The molecule has 1 aliphatic heterocycles. The van der Waals surface area contributed by atoms with Crippen molar-refractivity contribution >= 4 is 15.9 Å². The van der Waals surface area contributed by atoms with Gasteiger partial charge < -0.3 is 4.90 Å². The molecule has 0 spiro atoms. The first kappa shape index (κ1) is 17.7. The average Bonchev–Trinajstić information content (AvgIpc) is 2.72. The predicted octanol–water partition coefficient (Wildman–Crippen LogP) is 0.745. The summed E-state index contributed by atoms with van der Waals surface area (Å²) in [6.45, 7) is 2.87. The lowest BCUT2D eigenvalue weighted by Crippen LogP contribution is -2.45. The molecule has 0 aromatic rings. The molecule has 2 aliphatic rings. The van der Waals surface area contributed by atoms with Crippen LogP contribution in [0.3, 0.4) is 0 Å². The lowest BCUT2D eigenvalue weighted by Gasteiger charge is -2.32. The Bertz CT molecular complexity index is 474. The van der Waals surface area contributed by atoms with Crippen molar-refractivity contribution in [1.82, 2.24) is 14.1 Å². The fraction of sp³-hybridized carbons (Fsp3) is 0.933. The van der Waals surface area contributed by atoms with Gasteiger partial charge in [0, 0.05) is 32.7 Å². The molecule has 2 fully saturated rings. The zero-order valence-electron chi connectivity index (χ0n) is 13.8. The van der Waals surface area contributed by atoms with Crippen LogP contribution in [0.25, 0.3) is 0 Å².